The fourth-order valence-corrected chi connectivity index (χ4v) is 0.935. The molecule has 0 aromatic heterocycles. The van der Waals surface area contributed by atoms with Gasteiger partial charge in [0.15, 0.2) is 6.29 Å². The van der Waals surface area contributed by atoms with Crippen molar-refractivity contribution in [2.45, 2.75) is 53.2 Å². The maximum atomic E-state index is 8.70. The lowest BCUT2D eigenvalue weighted by molar-refractivity contribution is -0.0868. The Morgan fingerprint density at radius 2 is 1.55 bits per heavy atom. The van der Waals surface area contributed by atoms with Gasteiger partial charge in [-0.05, 0) is 12.8 Å². The predicted octanol–water partition coefficient (Wildman–Crippen LogP) is 2.15. The maximum Gasteiger partial charge on any atom is 0.154 e. The Hall–Kier alpha value is -0.0800. The van der Waals surface area contributed by atoms with E-state index in [0.717, 1.165) is 19.3 Å². The number of rotatable bonds is 4. The Kier molecular flexibility index (Phi) is 12.2. The summed E-state index contributed by atoms with van der Waals surface area (Å²) in [5, 5.41) is 17.4. The van der Waals surface area contributed by atoms with Gasteiger partial charge in [0.25, 0.3) is 0 Å². The first-order valence-electron chi connectivity index (χ1n) is 4.58. The molecular formula is C9H22O2. The van der Waals surface area contributed by atoms with Crippen LogP contribution in [0.1, 0.15) is 47.0 Å². The van der Waals surface area contributed by atoms with Crippen LogP contribution < -0.4 is 0 Å². The molecule has 11 heavy (non-hydrogen) atoms. The summed E-state index contributed by atoms with van der Waals surface area (Å²) in [7, 11) is 0. The van der Waals surface area contributed by atoms with E-state index in [9.17, 15) is 0 Å². The minimum atomic E-state index is -1.12. The molecule has 0 aliphatic heterocycles. The van der Waals surface area contributed by atoms with Gasteiger partial charge in [-0.15, -0.1) is 0 Å². The second-order valence-corrected chi connectivity index (χ2v) is 2.37. The summed E-state index contributed by atoms with van der Waals surface area (Å²) in [4.78, 5) is 0. The van der Waals surface area contributed by atoms with Crippen LogP contribution in [0, 0.1) is 5.92 Å². The summed E-state index contributed by atoms with van der Waals surface area (Å²) in [6, 6.07) is 0. The van der Waals surface area contributed by atoms with Crippen LogP contribution in [0.4, 0.5) is 0 Å². The monoisotopic (exact) mass is 162 g/mol. The molecule has 0 saturated carbocycles. The van der Waals surface area contributed by atoms with Gasteiger partial charge < -0.3 is 10.2 Å². The molecule has 0 spiro atoms. The van der Waals surface area contributed by atoms with Crippen LogP contribution in [0.3, 0.4) is 0 Å². The van der Waals surface area contributed by atoms with E-state index in [0.29, 0.717) is 0 Å². The van der Waals surface area contributed by atoms with Gasteiger partial charge in [-0.3, -0.25) is 0 Å². The highest BCUT2D eigenvalue weighted by Crippen LogP contribution is 2.12. The molecule has 0 saturated heterocycles. The van der Waals surface area contributed by atoms with Crippen LogP contribution in [0.25, 0.3) is 0 Å². The van der Waals surface area contributed by atoms with Crippen LogP contribution in [0.2, 0.25) is 0 Å². The van der Waals surface area contributed by atoms with Gasteiger partial charge in [0.1, 0.15) is 0 Å². The lowest BCUT2D eigenvalue weighted by atomic mass is 10.0. The molecule has 1 atom stereocenters. The Bertz CT molecular complexity index is 62.6. The lowest BCUT2D eigenvalue weighted by Gasteiger charge is -2.14. The molecule has 2 heteroatoms. The zero-order chi connectivity index (χ0) is 9.28. The van der Waals surface area contributed by atoms with E-state index in [1.54, 1.807) is 0 Å². The first kappa shape index (κ1) is 13.5. The fraction of sp³-hybridized carbons (Fsp3) is 1.00. The Labute approximate surface area is 70.3 Å². The quantitative estimate of drug-likeness (QED) is 0.622. The van der Waals surface area contributed by atoms with E-state index in [4.69, 9.17) is 10.2 Å². The van der Waals surface area contributed by atoms with Crippen LogP contribution >= 0.6 is 0 Å². The van der Waals surface area contributed by atoms with E-state index < -0.39 is 6.29 Å². The van der Waals surface area contributed by atoms with E-state index in [2.05, 4.69) is 0 Å². The third-order valence-electron chi connectivity index (χ3n) is 1.61. The minimum absolute atomic E-state index is 0.0787. The summed E-state index contributed by atoms with van der Waals surface area (Å²) < 4.78 is 0. The molecular weight excluding hydrogens is 140 g/mol. The molecule has 0 aromatic carbocycles. The molecule has 0 amide bonds. The summed E-state index contributed by atoms with van der Waals surface area (Å²) in [5.41, 5.74) is 0. The third kappa shape index (κ3) is 7.82. The number of aliphatic hydroxyl groups is 2. The highest BCUT2D eigenvalue weighted by atomic mass is 16.5. The summed E-state index contributed by atoms with van der Waals surface area (Å²) in [5.74, 6) is 0.0787. The molecule has 0 heterocycles. The Morgan fingerprint density at radius 1 is 1.09 bits per heavy atom. The van der Waals surface area contributed by atoms with Crippen molar-refractivity contribution < 1.29 is 10.2 Å². The van der Waals surface area contributed by atoms with Crippen molar-refractivity contribution >= 4 is 0 Å². The first-order chi connectivity index (χ1) is 5.22. The molecule has 70 valence electrons. The van der Waals surface area contributed by atoms with Gasteiger partial charge >= 0.3 is 0 Å². The van der Waals surface area contributed by atoms with Gasteiger partial charge in [-0.25, -0.2) is 0 Å². The van der Waals surface area contributed by atoms with Gasteiger partial charge in [-0.1, -0.05) is 34.1 Å². The van der Waals surface area contributed by atoms with E-state index in [-0.39, 0.29) is 5.92 Å². The second kappa shape index (κ2) is 9.92. The largest absolute Gasteiger partial charge is 0.368 e. The third-order valence-corrected chi connectivity index (χ3v) is 1.61. The molecule has 0 aliphatic carbocycles. The molecule has 0 aromatic rings. The number of hydrogen-bond acceptors (Lipinski definition) is 2. The molecule has 2 N–H and O–H groups in total. The van der Waals surface area contributed by atoms with Crippen molar-refractivity contribution in [3.8, 4) is 0 Å². The van der Waals surface area contributed by atoms with E-state index in [1.807, 2.05) is 27.7 Å². The highest BCUT2D eigenvalue weighted by molar-refractivity contribution is 4.56. The normalized spacial score (nSPS) is 12.3. The zero-order valence-corrected chi connectivity index (χ0v) is 8.17. The SMILES string of the molecule is CC.CCCC(CC)C(O)O. The Balaban J connectivity index is 0. The highest BCUT2D eigenvalue weighted by Gasteiger charge is 2.11. The fourth-order valence-electron chi connectivity index (χ4n) is 0.935. The minimum Gasteiger partial charge on any atom is -0.368 e. The van der Waals surface area contributed by atoms with Crippen molar-refractivity contribution in [1.29, 1.82) is 0 Å². The van der Waals surface area contributed by atoms with Gasteiger partial charge in [0, 0.05) is 5.92 Å². The average Bonchev–Trinajstić information content (AvgIpc) is 2.03. The van der Waals surface area contributed by atoms with Crippen molar-refractivity contribution in [3.63, 3.8) is 0 Å². The summed E-state index contributed by atoms with van der Waals surface area (Å²) in [6.45, 7) is 8.02. The average molecular weight is 162 g/mol. The van der Waals surface area contributed by atoms with Crippen LogP contribution in [-0.4, -0.2) is 16.5 Å². The Morgan fingerprint density at radius 3 is 1.64 bits per heavy atom. The van der Waals surface area contributed by atoms with Crippen LogP contribution in [-0.2, 0) is 0 Å². The zero-order valence-electron chi connectivity index (χ0n) is 8.17. The molecule has 2 nitrogen and oxygen atoms in total. The van der Waals surface area contributed by atoms with E-state index >= 15 is 0 Å². The summed E-state index contributed by atoms with van der Waals surface area (Å²) in [6.07, 6.45) is 1.67. The van der Waals surface area contributed by atoms with Gasteiger partial charge in [0.05, 0.1) is 0 Å². The number of hydrogen-bond donors (Lipinski definition) is 2. The van der Waals surface area contributed by atoms with E-state index in [1.165, 1.54) is 0 Å². The summed E-state index contributed by atoms with van der Waals surface area (Å²) >= 11 is 0. The van der Waals surface area contributed by atoms with Gasteiger partial charge in [-0.2, -0.15) is 0 Å². The predicted molar refractivity (Wildman–Crippen MR) is 48.3 cm³/mol. The molecule has 0 radical (unpaired) electrons. The molecule has 0 rings (SSSR count). The molecule has 0 bridgehead atoms. The smallest absolute Gasteiger partial charge is 0.154 e. The van der Waals surface area contributed by atoms with Crippen molar-refractivity contribution in [2.24, 2.45) is 5.92 Å². The van der Waals surface area contributed by atoms with Crippen molar-refractivity contribution in [3.05, 3.63) is 0 Å². The lowest BCUT2D eigenvalue weighted by Crippen LogP contribution is -2.18. The van der Waals surface area contributed by atoms with Crippen LogP contribution in [0.15, 0.2) is 0 Å². The molecule has 0 aliphatic rings. The standard InChI is InChI=1S/C7H16O2.C2H6/c1-3-5-6(4-2)7(8)9;1-2/h6-9H,3-5H2,1-2H3;1-2H3. The number of aliphatic hydroxyl groups excluding tert-OH is 1. The van der Waals surface area contributed by atoms with Gasteiger partial charge in [0.2, 0.25) is 0 Å². The van der Waals surface area contributed by atoms with Crippen molar-refractivity contribution in [1.82, 2.24) is 0 Å². The first-order valence-corrected chi connectivity index (χ1v) is 4.58. The topological polar surface area (TPSA) is 40.5 Å². The molecule has 1 unspecified atom stereocenters. The van der Waals surface area contributed by atoms with Crippen molar-refractivity contribution in [2.75, 3.05) is 0 Å². The molecule has 0 fully saturated rings. The second-order valence-electron chi connectivity index (χ2n) is 2.37. The van der Waals surface area contributed by atoms with Crippen LogP contribution in [0.5, 0.6) is 0 Å². The maximum absolute atomic E-state index is 8.70.